The molecule has 0 spiro atoms. The van der Waals surface area contributed by atoms with E-state index in [1.807, 2.05) is 42.3 Å². The van der Waals surface area contributed by atoms with Crippen molar-refractivity contribution in [2.24, 2.45) is 0 Å². The fraction of sp³-hybridized carbons (Fsp3) is 0.533. The molecule has 4 heteroatoms. The number of carbonyl (C=O) groups is 1. The Kier molecular flexibility index (Phi) is 4.66. The number of Topliss-reactive ketones (excluding diaryl/α,β-unsaturated/α-hetero) is 1. The zero-order valence-corrected chi connectivity index (χ0v) is 12.4. The second-order valence-electron chi connectivity index (χ2n) is 5.46. The number of likely N-dealkylation sites (tertiary alicyclic amines) is 1. The Labute approximate surface area is 119 Å². The number of hydrogen-bond acceptors (Lipinski definition) is 4. The molecule has 1 fully saturated rings. The Balaban J connectivity index is 1.96. The number of carbonyl (C=O) groups excluding carboxylic acids is 1. The van der Waals surface area contributed by atoms with Gasteiger partial charge in [-0.15, -0.1) is 11.8 Å². The van der Waals surface area contributed by atoms with Crippen LogP contribution in [-0.4, -0.2) is 47.3 Å². The van der Waals surface area contributed by atoms with Gasteiger partial charge in [0.15, 0.2) is 5.78 Å². The molecule has 0 aliphatic carbocycles. The van der Waals surface area contributed by atoms with Gasteiger partial charge in [-0.25, -0.2) is 0 Å². The highest BCUT2D eigenvalue weighted by molar-refractivity contribution is 7.98. The van der Waals surface area contributed by atoms with Crippen LogP contribution in [0.15, 0.2) is 29.2 Å². The lowest BCUT2D eigenvalue weighted by atomic mass is 9.95. The van der Waals surface area contributed by atoms with Crippen molar-refractivity contribution >= 4 is 17.5 Å². The molecule has 1 atom stereocenters. The third kappa shape index (κ3) is 4.06. The Morgan fingerprint density at radius 2 is 2.11 bits per heavy atom. The lowest BCUT2D eigenvalue weighted by Gasteiger charge is -2.36. The number of ketones is 1. The summed E-state index contributed by atoms with van der Waals surface area (Å²) in [6, 6.07) is 7.72. The van der Waals surface area contributed by atoms with Crippen LogP contribution >= 0.6 is 11.8 Å². The molecule has 0 radical (unpaired) electrons. The van der Waals surface area contributed by atoms with Gasteiger partial charge in [0, 0.05) is 17.0 Å². The summed E-state index contributed by atoms with van der Waals surface area (Å²) in [6.45, 7) is 3.72. The summed E-state index contributed by atoms with van der Waals surface area (Å²) in [5, 5.41) is 10.0. The van der Waals surface area contributed by atoms with E-state index in [1.54, 1.807) is 11.8 Å². The van der Waals surface area contributed by atoms with Crippen LogP contribution in [0.1, 0.15) is 30.1 Å². The highest BCUT2D eigenvalue weighted by Gasteiger charge is 2.29. The lowest BCUT2D eigenvalue weighted by Crippen LogP contribution is -2.47. The molecule has 1 N–H and O–H groups in total. The second-order valence-corrected chi connectivity index (χ2v) is 6.34. The minimum absolute atomic E-state index is 0.130. The monoisotopic (exact) mass is 279 g/mol. The zero-order valence-electron chi connectivity index (χ0n) is 11.6. The van der Waals surface area contributed by atoms with E-state index in [1.165, 1.54) is 0 Å². The molecule has 3 nitrogen and oxygen atoms in total. The second kappa shape index (κ2) is 6.07. The summed E-state index contributed by atoms with van der Waals surface area (Å²) in [7, 11) is 0. The molecule has 2 rings (SSSR count). The van der Waals surface area contributed by atoms with Crippen LogP contribution in [0.25, 0.3) is 0 Å². The highest BCUT2D eigenvalue weighted by atomic mass is 32.2. The van der Waals surface area contributed by atoms with E-state index >= 15 is 0 Å². The van der Waals surface area contributed by atoms with Crippen molar-refractivity contribution in [1.82, 2.24) is 4.90 Å². The molecule has 1 aromatic rings. The van der Waals surface area contributed by atoms with Crippen molar-refractivity contribution in [3.63, 3.8) is 0 Å². The predicted octanol–water partition coefficient (Wildman–Crippen LogP) is 2.44. The summed E-state index contributed by atoms with van der Waals surface area (Å²) in [4.78, 5) is 15.4. The van der Waals surface area contributed by atoms with Crippen LogP contribution in [0.3, 0.4) is 0 Å². The van der Waals surface area contributed by atoms with Crippen LogP contribution in [0.4, 0.5) is 0 Å². The fourth-order valence-corrected chi connectivity index (χ4v) is 2.94. The van der Waals surface area contributed by atoms with Crippen LogP contribution in [0, 0.1) is 0 Å². The number of β-amino-alcohol motifs (C(OH)–C–C–N with tert-alkyl or cyclic N) is 1. The number of aliphatic hydroxyl groups is 1. The summed E-state index contributed by atoms with van der Waals surface area (Å²) < 4.78 is 0. The van der Waals surface area contributed by atoms with Crippen molar-refractivity contribution in [1.29, 1.82) is 0 Å². The van der Waals surface area contributed by atoms with E-state index in [0.29, 0.717) is 13.1 Å². The topological polar surface area (TPSA) is 40.5 Å². The number of nitrogens with zero attached hydrogens (tertiary/aromatic N) is 1. The molecule has 1 saturated heterocycles. The number of piperidine rings is 1. The SMILES string of the molecule is CSc1ccc(C(=O)CN2CCCC(C)(O)C2)cc1. The van der Waals surface area contributed by atoms with Crippen molar-refractivity contribution in [3.8, 4) is 0 Å². The Morgan fingerprint density at radius 3 is 2.68 bits per heavy atom. The largest absolute Gasteiger partial charge is 0.389 e. The number of hydrogen-bond donors (Lipinski definition) is 1. The van der Waals surface area contributed by atoms with Gasteiger partial charge in [0.1, 0.15) is 0 Å². The van der Waals surface area contributed by atoms with Crippen LogP contribution in [0.5, 0.6) is 0 Å². The van der Waals surface area contributed by atoms with Crippen LogP contribution in [0.2, 0.25) is 0 Å². The van der Waals surface area contributed by atoms with Gasteiger partial charge >= 0.3 is 0 Å². The summed E-state index contributed by atoms with van der Waals surface area (Å²) >= 11 is 1.67. The third-order valence-electron chi connectivity index (χ3n) is 3.53. The van der Waals surface area contributed by atoms with E-state index < -0.39 is 5.60 Å². The maximum absolute atomic E-state index is 12.2. The smallest absolute Gasteiger partial charge is 0.176 e. The van der Waals surface area contributed by atoms with E-state index in [2.05, 4.69) is 0 Å². The molecule has 0 bridgehead atoms. The van der Waals surface area contributed by atoms with Gasteiger partial charge in [0.05, 0.1) is 12.1 Å². The molecule has 1 aliphatic rings. The van der Waals surface area contributed by atoms with Gasteiger partial charge in [0.25, 0.3) is 0 Å². The summed E-state index contributed by atoms with van der Waals surface area (Å²) in [5.74, 6) is 0.130. The molecule has 0 saturated carbocycles. The van der Waals surface area contributed by atoms with E-state index in [-0.39, 0.29) is 5.78 Å². The van der Waals surface area contributed by atoms with Crippen molar-refractivity contribution in [2.45, 2.75) is 30.3 Å². The lowest BCUT2D eigenvalue weighted by molar-refractivity contribution is -0.0132. The summed E-state index contributed by atoms with van der Waals surface area (Å²) in [5.41, 5.74) is 0.101. The van der Waals surface area contributed by atoms with Crippen LogP contribution in [-0.2, 0) is 0 Å². The minimum atomic E-state index is -0.652. The molecule has 104 valence electrons. The molecule has 0 amide bonds. The Bertz CT molecular complexity index is 442. The summed E-state index contributed by atoms with van der Waals surface area (Å²) in [6.07, 6.45) is 3.79. The first-order chi connectivity index (χ1) is 9.00. The average molecular weight is 279 g/mol. The molecule has 1 heterocycles. The molecular formula is C15H21NO2S. The van der Waals surface area contributed by atoms with Gasteiger partial charge in [0.2, 0.25) is 0 Å². The molecule has 1 unspecified atom stereocenters. The van der Waals surface area contributed by atoms with Gasteiger partial charge in [-0.05, 0) is 44.7 Å². The Morgan fingerprint density at radius 1 is 1.42 bits per heavy atom. The van der Waals surface area contributed by atoms with Gasteiger partial charge < -0.3 is 5.11 Å². The third-order valence-corrected chi connectivity index (χ3v) is 4.28. The van der Waals surface area contributed by atoms with Crippen LogP contribution < -0.4 is 0 Å². The maximum atomic E-state index is 12.2. The molecular weight excluding hydrogens is 258 g/mol. The normalized spacial score (nSPS) is 24.4. The van der Waals surface area contributed by atoms with Crippen molar-refractivity contribution < 1.29 is 9.90 Å². The quantitative estimate of drug-likeness (QED) is 0.679. The average Bonchev–Trinajstić information content (AvgIpc) is 2.37. The molecule has 19 heavy (non-hydrogen) atoms. The first-order valence-corrected chi connectivity index (χ1v) is 7.85. The molecule has 1 aliphatic heterocycles. The molecule has 1 aromatic carbocycles. The number of rotatable bonds is 4. The van der Waals surface area contributed by atoms with E-state index in [4.69, 9.17) is 0 Å². The standard InChI is InChI=1S/C15H21NO2S/c1-15(18)8-3-9-16(11-15)10-14(17)12-4-6-13(19-2)7-5-12/h4-7,18H,3,8-11H2,1-2H3. The van der Waals surface area contributed by atoms with E-state index in [0.717, 1.165) is 29.8 Å². The number of benzene rings is 1. The zero-order chi connectivity index (χ0) is 13.9. The van der Waals surface area contributed by atoms with Gasteiger partial charge in [-0.3, -0.25) is 9.69 Å². The maximum Gasteiger partial charge on any atom is 0.176 e. The highest BCUT2D eigenvalue weighted by Crippen LogP contribution is 2.21. The first kappa shape index (κ1) is 14.6. The Hall–Kier alpha value is -0.840. The van der Waals surface area contributed by atoms with E-state index in [9.17, 15) is 9.90 Å². The number of thioether (sulfide) groups is 1. The van der Waals surface area contributed by atoms with Gasteiger partial charge in [-0.2, -0.15) is 0 Å². The van der Waals surface area contributed by atoms with Crippen molar-refractivity contribution in [2.75, 3.05) is 25.9 Å². The van der Waals surface area contributed by atoms with Gasteiger partial charge in [-0.1, -0.05) is 12.1 Å². The van der Waals surface area contributed by atoms with Crippen molar-refractivity contribution in [3.05, 3.63) is 29.8 Å². The first-order valence-electron chi connectivity index (χ1n) is 6.62. The fourth-order valence-electron chi connectivity index (χ4n) is 2.53. The molecule has 0 aromatic heterocycles. The predicted molar refractivity (Wildman–Crippen MR) is 78.9 cm³/mol. The minimum Gasteiger partial charge on any atom is -0.389 e.